The van der Waals surface area contributed by atoms with Crippen LogP contribution in [0.5, 0.6) is 0 Å². The van der Waals surface area contributed by atoms with Crippen molar-refractivity contribution in [2.45, 2.75) is 12.5 Å². The molecule has 2 aliphatic heterocycles. The summed E-state index contributed by atoms with van der Waals surface area (Å²) in [4.78, 5) is 13.9. The molecule has 2 rings (SSSR count). The third kappa shape index (κ3) is 2.92. The van der Waals surface area contributed by atoms with E-state index in [4.69, 9.17) is 16.3 Å². The van der Waals surface area contributed by atoms with E-state index in [-0.39, 0.29) is 29.4 Å². The number of sulfone groups is 1. The summed E-state index contributed by atoms with van der Waals surface area (Å²) in [7, 11) is -3.02. The molecule has 2 atom stereocenters. The van der Waals surface area contributed by atoms with E-state index < -0.39 is 9.84 Å². The predicted octanol–water partition coefficient (Wildman–Crippen LogP) is -0.113. The van der Waals surface area contributed by atoms with E-state index in [2.05, 4.69) is 0 Å². The minimum atomic E-state index is -3.02. The van der Waals surface area contributed by atoms with Crippen LogP contribution in [0.3, 0.4) is 0 Å². The zero-order valence-corrected chi connectivity index (χ0v) is 11.0. The Morgan fingerprint density at radius 2 is 2.24 bits per heavy atom. The van der Waals surface area contributed by atoms with Crippen LogP contribution < -0.4 is 0 Å². The van der Waals surface area contributed by atoms with Crippen molar-refractivity contribution in [1.82, 2.24) is 4.90 Å². The van der Waals surface area contributed by atoms with Crippen LogP contribution >= 0.6 is 11.6 Å². The summed E-state index contributed by atoms with van der Waals surface area (Å²) in [5.74, 6) is -0.0354. The third-order valence-corrected chi connectivity index (χ3v) is 5.39. The lowest BCUT2D eigenvalue weighted by atomic mass is 10.1. The first kappa shape index (κ1) is 13.1. The monoisotopic (exact) mass is 281 g/mol. The van der Waals surface area contributed by atoms with E-state index >= 15 is 0 Å². The second-order valence-corrected chi connectivity index (χ2v) is 7.05. The zero-order chi connectivity index (χ0) is 12.5. The van der Waals surface area contributed by atoms with E-state index in [0.29, 0.717) is 32.1 Å². The van der Waals surface area contributed by atoms with Gasteiger partial charge >= 0.3 is 0 Å². The molecule has 5 nitrogen and oxygen atoms in total. The molecule has 1 amide bonds. The fourth-order valence-electron chi connectivity index (χ4n) is 2.30. The van der Waals surface area contributed by atoms with Gasteiger partial charge in [-0.25, -0.2) is 8.42 Å². The molecular formula is C10H16ClNO4S. The number of morpholine rings is 1. The second kappa shape index (κ2) is 5.12. The fraction of sp³-hybridized carbons (Fsp3) is 0.900. The number of rotatable bonds is 2. The van der Waals surface area contributed by atoms with Crippen LogP contribution in [0.4, 0.5) is 0 Å². The number of hydrogen-bond acceptors (Lipinski definition) is 4. The molecule has 0 aromatic heterocycles. The molecule has 2 heterocycles. The lowest BCUT2D eigenvalue weighted by Crippen LogP contribution is -2.51. The quantitative estimate of drug-likeness (QED) is 0.663. The molecule has 2 aliphatic rings. The molecule has 0 N–H and O–H groups in total. The number of nitrogens with zero attached hydrogens (tertiary/aromatic N) is 1. The summed E-state index contributed by atoms with van der Waals surface area (Å²) in [5, 5.41) is 0. The highest BCUT2D eigenvalue weighted by atomic mass is 35.5. The van der Waals surface area contributed by atoms with E-state index in [0.717, 1.165) is 0 Å². The highest BCUT2D eigenvalue weighted by molar-refractivity contribution is 7.91. The predicted molar refractivity (Wildman–Crippen MR) is 63.8 cm³/mol. The minimum absolute atomic E-state index is 0.0157. The summed E-state index contributed by atoms with van der Waals surface area (Å²) in [6, 6.07) is -0.124. The summed E-state index contributed by atoms with van der Waals surface area (Å²) >= 11 is 5.79. The number of carbonyl (C=O) groups is 1. The summed E-state index contributed by atoms with van der Waals surface area (Å²) in [6.07, 6.45) is 0.438. The Labute approximate surface area is 106 Å². The molecule has 2 fully saturated rings. The SMILES string of the molecule is O=C(C1CCS(=O)(=O)C1)N1CCOCC1CCl. The first-order chi connectivity index (χ1) is 8.03. The summed E-state index contributed by atoms with van der Waals surface area (Å²) < 4.78 is 28.0. The summed E-state index contributed by atoms with van der Waals surface area (Å²) in [6.45, 7) is 1.44. The van der Waals surface area contributed by atoms with Crippen molar-refractivity contribution in [1.29, 1.82) is 0 Å². The largest absolute Gasteiger partial charge is 0.377 e. The molecule has 0 spiro atoms. The Hall–Kier alpha value is -0.330. The molecular weight excluding hydrogens is 266 g/mol. The smallest absolute Gasteiger partial charge is 0.227 e. The lowest BCUT2D eigenvalue weighted by Gasteiger charge is -2.35. The van der Waals surface area contributed by atoms with Crippen LogP contribution in [0.25, 0.3) is 0 Å². The molecule has 0 saturated carbocycles. The van der Waals surface area contributed by atoms with Gasteiger partial charge in [-0.2, -0.15) is 0 Å². The van der Waals surface area contributed by atoms with Crippen molar-refractivity contribution >= 4 is 27.3 Å². The van der Waals surface area contributed by atoms with Gasteiger partial charge in [0.1, 0.15) is 0 Å². The van der Waals surface area contributed by atoms with Crippen molar-refractivity contribution in [3.63, 3.8) is 0 Å². The van der Waals surface area contributed by atoms with Crippen LogP contribution in [0.1, 0.15) is 6.42 Å². The number of halogens is 1. The van der Waals surface area contributed by atoms with Gasteiger partial charge in [-0.3, -0.25) is 4.79 Å². The van der Waals surface area contributed by atoms with Crippen LogP contribution in [0.2, 0.25) is 0 Å². The standard InChI is InChI=1S/C10H16ClNO4S/c11-5-9-6-16-3-2-12(9)10(13)8-1-4-17(14,15)7-8/h8-9H,1-7H2. The highest BCUT2D eigenvalue weighted by Gasteiger charge is 2.38. The van der Waals surface area contributed by atoms with Gasteiger partial charge in [-0.1, -0.05) is 0 Å². The average molecular weight is 282 g/mol. The molecule has 0 aromatic carbocycles. The first-order valence-electron chi connectivity index (χ1n) is 5.68. The Kier molecular flexibility index (Phi) is 3.95. The van der Waals surface area contributed by atoms with Crippen molar-refractivity contribution in [2.75, 3.05) is 37.1 Å². The van der Waals surface area contributed by atoms with E-state index in [1.165, 1.54) is 0 Å². The van der Waals surface area contributed by atoms with Gasteiger partial charge in [-0.15, -0.1) is 11.6 Å². The average Bonchev–Trinajstić information content (AvgIpc) is 2.68. The number of ether oxygens (including phenoxy) is 1. The highest BCUT2D eigenvalue weighted by Crippen LogP contribution is 2.23. The van der Waals surface area contributed by atoms with Crippen molar-refractivity contribution in [3.05, 3.63) is 0 Å². The molecule has 2 saturated heterocycles. The molecule has 17 heavy (non-hydrogen) atoms. The zero-order valence-electron chi connectivity index (χ0n) is 9.47. The lowest BCUT2D eigenvalue weighted by molar-refractivity contribution is -0.142. The Morgan fingerprint density at radius 3 is 2.82 bits per heavy atom. The van der Waals surface area contributed by atoms with Crippen LogP contribution in [0, 0.1) is 5.92 Å². The maximum absolute atomic E-state index is 12.2. The van der Waals surface area contributed by atoms with E-state index in [1.54, 1.807) is 4.90 Å². The molecule has 0 aliphatic carbocycles. The topological polar surface area (TPSA) is 63.7 Å². The van der Waals surface area contributed by atoms with Gasteiger partial charge < -0.3 is 9.64 Å². The molecule has 0 aromatic rings. The molecule has 0 radical (unpaired) electrons. The molecule has 7 heteroatoms. The Morgan fingerprint density at radius 1 is 1.47 bits per heavy atom. The van der Waals surface area contributed by atoms with Gasteiger partial charge in [-0.05, 0) is 6.42 Å². The van der Waals surface area contributed by atoms with E-state index in [9.17, 15) is 13.2 Å². The Bertz CT molecular complexity index is 397. The molecule has 2 unspecified atom stereocenters. The van der Waals surface area contributed by atoms with Gasteiger partial charge in [0, 0.05) is 12.4 Å². The summed E-state index contributed by atoms with van der Waals surface area (Å²) in [5.41, 5.74) is 0. The van der Waals surface area contributed by atoms with Crippen LogP contribution in [-0.2, 0) is 19.4 Å². The maximum Gasteiger partial charge on any atom is 0.227 e. The van der Waals surface area contributed by atoms with Gasteiger partial charge in [0.15, 0.2) is 9.84 Å². The minimum Gasteiger partial charge on any atom is -0.377 e. The fourth-order valence-corrected chi connectivity index (χ4v) is 4.29. The first-order valence-corrected chi connectivity index (χ1v) is 8.04. The third-order valence-electron chi connectivity index (χ3n) is 3.27. The van der Waals surface area contributed by atoms with Crippen molar-refractivity contribution in [3.8, 4) is 0 Å². The number of hydrogen-bond donors (Lipinski definition) is 0. The Balaban J connectivity index is 2.04. The maximum atomic E-state index is 12.2. The molecule has 98 valence electrons. The number of alkyl halides is 1. The second-order valence-electron chi connectivity index (χ2n) is 4.51. The van der Waals surface area contributed by atoms with Crippen LogP contribution in [-0.4, -0.2) is 62.4 Å². The van der Waals surface area contributed by atoms with Crippen molar-refractivity contribution < 1.29 is 17.9 Å². The van der Waals surface area contributed by atoms with Crippen molar-refractivity contribution in [2.24, 2.45) is 5.92 Å². The number of amides is 1. The normalized spacial score (nSPS) is 32.6. The molecule has 0 bridgehead atoms. The van der Waals surface area contributed by atoms with Gasteiger partial charge in [0.25, 0.3) is 0 Å². The van der Waals surface area contributed by atoms with Crippen LogP contribution in [0.15, 0.2) is 0 Å². The van der Waals surface area contributed by atoms with Gasteiger partial charge in [0.2, 0.25) is 5.91 Å². The van der Waals surface area contributed by atoms with E-state index in [1.807, 2.05) is 0 Å². The van der Waals surface area contributed by atoms with Gasteiger partial charge in [0.05, 0.1) is 36.7 Å². The number of carbonyl (C=O) groups excluding carboxylic acids is 1.